The van der Waals surface area contributed by atoms with E-state index in [1.807, 2.05) is 12.1 Å². The molecule has 0 aromatic heterocycles. The summed E-state index contributed by atoms with van der Waals surface area (Å²) in [7, 11) is 0. The van der Waals surface area contributed by atoms with Crippen LogP contribution in [0.3, 0.4) is 0 Å². The highest BCUT2D eigenvalue weighted by molar-refractivity contribution is 6.02. The largest absolute Gasteiger partial charge is 0.486 e. The van der Waals surface area contributed by atoms with Crippen LogP contribution in [0.2, 0.25) is 0 Å². The third kappa shape index (κ3) is 6.08. The smallest absolute Gasteiger partial charge is 0.248 e. The van der Waals surface area contributed by atoms with Gasteiger partial charge in [0.05, 0.1) is 6.61 Å². The average Bonchev–Trinajstić information content (AvgIpc) is 2.72. The highest BCUT2D eigenvalue weighted by Crippen LogP contribution is 2.34. The molecule has 2 aromatic rings. The SMILES string of the molecule is CC(C)(C)c1ccc(C=CC(=O)Nc2ccc3c(c2)OC[C@@H](CNCCO)O3)cc1. The van der Waals surface area contributed by atoms with Crippen molar-refractivity contribution in [3.63, 3.8) is 0 Å². The molecule has 0 aliphatic carbocycles. The second-order valence-corrected chi connectivity index (χ2v) is 8.33. The van der Waals surface area contributed by atoms with E-state index < -0.39 is 0 Å². The molecule has 0 unspecified atom stereocenters. The monoisotopic (exact) mass is 410 g/mol. The number of anilines is 1. The minimum Gasteiger partial charge on any atom is -0.486 e. The van der Waals surface area contributed by atoms with E-state index in [1.165, 1.54) is 11.6 Å². The lowest BCUT2D eigenvalue weighted by atomic mass is 9.87. The Morgan fingerprint density at radius 1 is 1.17 bits per heavy atom. The van der Waals surface area contributed by atoms with Crippen molar-refractivity contribution in [2.45, 2.75) is 32.3 Å². The highest BCUT2D eigenvalue weighted by Gasteiger charge is 2.21. The lowest BCUT2D eigenvalue weighted by Crippen LogP contribution is -2.39. The molecule has 160 valence electrons. The summed E-state index contributed by atoms with van der Waals surface area (Å²) in [5.74, 6) is 1.04. The van der Waals surface area contributed by atoms with Crippen molar-refractivity contribution in [1.82, 2.24) is 5.32 Å². The number of rotatable bonds is 7. The van der Waals surface area contributed by atoms with Gasteiger partial charge in [-0.1, -0.05) is 45.0 Å². The van der Waals surface area contributed by atoms with Crippen LogP contribution in [0.15, 0.2) is 48.5 Å². The van der Waals surface area contributed by atoms with E-state index in [0.29, 0.717) is 36.9 Å². The quantitative estimate of drug-likeness (QED) is 0.482. The van der Waals surface area contributed by atoms with Gasteiger partial charge in [0.2, 0.25) is 5.91 Å². The van der Waals surface area contributed by atoms with Crippen LogP contribution >= 0.6 is 0 Å². The van der Waals surface area contributed by atoms with E-state index in [9.17, 15) is 4.79 Å². The molecule has 1 aliphatic rings. The molecule has 2 aromatic carbocycles. The van der Waals surface area contributed by atoms with E-state index in [0.717, 1.165) is 5.56 Å². The van der Waals surface area contributed by atoms with Crippen molar-refractivity contribution in [2.75, 3.05) is 31.6 Å². The topological polar surface area (TPSA) is 79.8 Å². The van der Waals surface area contributed by atoms with E-state index in [-0.39, 0.29) is 24.0 Å². The number of benzene rings is 2. The minimum absolute atomic E-state index is 0.0872. The molecule has 1 amide bonds. The van der Waals surface area contributed by atoms with Gasteiger partial charge in [-0.05, 0) is 34.8 Å². The molecule has 0 spiro atoms. The molecule has 30 heavy (non-hydrogen) atoms. The van der Waals surface area contributed by atoms with Gasteiger partial charge >= 0.3 is 0 Å². The Bertz CT molecular complexity index is 885. The number of carbonyl (C=O) groups is 1. The highest BCUT2D eigenvalue weighted by atomic mass is 16.6. The van der Waals surface area contributed by atoms with Gasteiger partial charge in [0.25, 0.3) is 0 Å². The lowest BCUT2D eigenvalue weighted by molar-refractivity contribution is -0.111. The Hall–Kier alpha value is -2.83. The van der Waals surface area contributed by atoms with E-state index in [4.69, 9.17) is 14.6 Å². The van der Waals surface area contributed by atoms with Crippen LogP contribution in [0.4, 0.5) is 5.69 Å². The van der Waals surface area contributed by atoms with Crippen LogP contribution < -0.4 is 20.1 Å². The van der Waals surface area contributed by atoms with Crippen molar-refractivity contribution in [1.29, 1.82) is 0 Å². The van der Waals surface area contributed by atoms with Gasteiger partial charge in [-0.15, -0.1) is 0 Å². The number of hydrogen-bond donors (Lipinski definition) is 3. The molecule has 3 N–H and O–H groups in total. The van der Waals surface area contributed by atoms with Crippen molar-refractivity contribution in [3.8, 4) is 11.5 Å². The summed E-state index contributed by atoms with van der Waals surface area (Å²) in [5.41, 5.74) is 2.98. The Kier molecular flexibility index (Phi) is 7.13. The molecule has 6 nitrogen and oxygen atoms in total. The number of amides is 1. The first kappa shape index (κ1) is 21.9. The fourth-order valence-electron chi connectivity index (χ4n) is 3.09. The molecule has 0 saturated heterocycles. The second-order valence-electron chi connectivity index (χ2n) is 8.33. The number of hydrogen-bond acceptors (Lipinski definition) is 5. The maximum Gasteiger partial charge on any atom is 0.248 e. The fraction of sp³-hybridized carbons (Fsp3) is 0.375. The van der Waals surface area contributed by atoms with Gasteiger partial charge in [0, 0.05) is 30.9 Å². The van der Waals surface area contributed by atoms with Crippen LogP contribution in [-0.2, 0) is 10.2 Å². The van der Waals surface area contributed by atoms with Gasteiger partial charge in [0.15, 0.2) is 11.5 Å². The molecule has 1 aliphatic heterocycles. The van der Waals surface area contributed by atoms with Crippen molar-refractivity contribution in [3.05, 3.63) is 59.7 Å². The van der Waals surface area contributed by atoms with Crippen LogP contribution in [0.5, 0.6) is 11.5 Å². The van der Waals surface area contributed by atoms with Crippen molar-refractivity contribution >= 4 is 17.7 Å². The first-order chi connectivity index (χ1) is 14.3. The average molecular weight is 411 g/mol. The Morgan fingerprint density at radius 2 is 1.93 bits per heavy atom. The molecule has 0 radical (unpaired) electrons. The first-order valence-electron chi connectivity index (χ1n) is 10.2. The Morgan fingerprint density at radius 3 is 2.63 bits per heavy atom. The number of nitrogens with one attached hydrogen (secondary N) is 2. The van der Waals surface area contributed by atoms with E-state index >= 15 is 0 Å². The number of fused-ring (bicyclic) bond motifs is 1. The van der Waals surface area contributed by atoms with E-state index in [2.05, 4.69) is 43.5 Å². The summed E-state index contributed by atoms with van der Waals surface area (Å²) in [6, 6.07) is 13.5. The normalized spacial score (nSPS) is 15.9. The predicted molar refractivity (Wildman–Crippen MR) is 119 cm³/mol. The number of aliphatic hydroxyl groups is 1. The first-order valence-corrected chi connectivity index (χ1v) is 10.2. The zero-order valence-electron chi connectivity index (χ0n) is 17.8. The number of ether oxygens (including phenoxy) is 2. The van der Waals surface area contributed by atoms with Gasteiger partial charge < -0.3 is 25.2 Å². The van der Waals surface area contributed by atoms with Gasteiger partial charge in [-0.2, -0.15) is 0 Å². The van der Waals surface area contributed by atoms with Crippen LogP contribution in [0.1, 0.15) is 31.9 Å². The van der Waals surface area contributed by atoms with Crippen LogP contribution in [0.25, 0.3) is 6.08 Å². The van der Waals surface area contributed by atoms with Crippen LogP contribution in [0, 0.1) is 0 Å². The molecule has 6 heteroatoms. The van der Waals surface area contributed by atoms with Gasteiger partial charge in [0.1, 0.15) is 12.7 Å². The summed E-state index contributed by atoms with van der Waals surface area (Å²) in [4.78, 5) is 12.3. The van der Waals surface area contributed by atoms with Crippen molar-refractivity contribution < 1.29 is 19.4 Å². The maximum atomic E-state index is 12.3. The molecule has 0 bridgehead atoms. The molecular formula is C24H30N2O4. The minimum atomic E-state index is -0.211. The van der Waals surface area contributed by atoms with Crippen molar-refractivity contribution in [2.24, 2.45) is 0 Å². The van der Waals surface area contributed by atoms with E-state index in [1.54, 1.807) is 24.3 Å². The third-order valence-corrected chi connectivity index (χ3v) is 4.79. The molecule has 0 fully saturated rings. The van der Waals surface area contributed by atoms with Crippen LogP contribution in [-0.4, -0.2) is 43.4 Å². The molecule has 3 rings (SSSR count). The summed E-state index contributed by atoms with van der Waals surface area (Å²) < 4.78 is 11.6. The standard InChI is InChI=1S/C24H30N2O4/c1-24(2,3)18-7-4-17(5-8-18)6-11-23(28)26-19-9-10-21-22(14-19)29-16-20(30-21)15-25-12-13-27/h4-11,14,20,25,27H,12-13,15-16H2,1-3H3,(H,26,28)/t20-/m1/s1. The Balaban J connectivity index is 1.55. The lowest BCUT2D eigenvalue weighted by Gasteiger charge is -2.27. The molecular weight excluding hydrogens is 380 g/mol. The second kappa shape index (κ2) is 9.78. The molecule has 1 atom stereocenters. The van der Waals surface area contributed by atoms with Gasteiger partial charge in [-0.25, -0.2) is 0 Å². The summed E-state index contributed by atoms with van der Waals surface area (Å²) in [6.07, 6.45) is 3.20. The molecule has 1 heterocycles. The fourth-order valence-corrected chi connectivity index (χ4v) is 3.09. The summed E-state index contributed by atoms with van der Waals surface area (Å²) in [6.45, 7) is 8.14. The predicted octanol–water partition coefficient (Wildman–Crippen LogP) is 3.36. The maximum absolute atomic E-state index is 12.3. The third-order valence-electron chi connectivity index (χ3n) is 4.79. The Labute approximate surface area is 177 Å². The number of carbonyl (C=O) groups excluding carboxylic acids is 1. The van der Waals surface area contributed by atoms with Gasteiger partial charge in [-0.3, -0.25) is 4.79 Å². The zero-order chi connectivity index (χ0) is 21.6. The summed E-state index contributed by atoms with van der Waals surface area (Å²) >= 11 is 0. The molecule has 0 saturated carbocycles. The zero-order valence-corrected chi connectivity index (χ0v) is 17.8. The summed E-state index contributed by atoms with van der Waals surface area (Å²) in [5, 5.41) is 14.8. The number of aliphatic hydroxyl groups excluding tert-OH is 1.